The highest BCUT2D eigenvalue weighted by Gasteiger charge is 2.32. The standard InChI is InChI=1S/C17H12F3N3O4/c1-10(26-11-4-6-12(7-5-11)27-17(18,19)20)16(25)23-9-14(24)22-13-3-2-8-21-15(13)23/h2-8H,1,9H2,(H,22,24). The molecule has 1 aromatic carbocycles. The van der Waals surface area contributed by atoms with Crippen LogP contribution in [0.2, 0.25) is 0 Å². The number of halogens is 3. The maximum absolute atomic E-state index is 12.6. The minimum absolute atomic E-state index is 0.0746. The Kier molecular flexibility index (Phi) is 4.72. The predicted molar refractivity (Wildman–Crippen MR) is 88.1 cm³/mol. The van der Waals surface area contributed by atoms with Crippen LogP contribution in [-0.4, -0.2) is 29.7 Å². The Morgan fingerprint density at radius 1 is 1.19 bits per heavy atom. The molecule has 0 saturated heterocycles. The number of anilines is 2. The first-order chi connectivity index (χ1) is 12.7. The van der Waals surface area contributed by atoms with E-state index in [1.807, 2.05) is 0 Å². The summed E-state index contributed by atoms with van der Waals surface area (Å²) in [5.74, 6) is -1.57. The van der Waals surface area contributed by atoms with Crippen LogP contribution in [0, 0.1) is 0 Å². The third-order valence-electron chi connectivity index (χ3n) is 3.40. The van der Waals surface area contributed by atoms with Crippen molar-refractivity contribution in [2.75, 3.05) is 16.8 Å². The normalized spacial score (nSPS) is 13.4. The molecule has 1 aromatic heterocycles. The van der Waals surface area contributed by atoms with Gasteiger partial charge in [-0.05, 0) is 36.4 Å². The quantitative estimate of drug-likeness (QED) is 0.653. The summed E-state index contributed by atoms with van der Waals surface area (Å²) in [7, 11) is 0. The molecule has 2 aromatic rings. The molecule has 0 radical (unpaired) electrons. The van der Waals surface area contributed by atoms with E-state index in [9.17, 15) is 22.8 Å². The van der Waals surface area contributed by atoms with Crippen LogP contribution in [-0.2, 0) is 9.59 Å². The van der Waals surface area contributed by atoms with Gasteiger partial charge in [0, 0.05) is 6.20 Å². The van der Waals surface area contributed by atoms with Crippen LogP contribution < -0.4 is 19.7 Å². The maximum atomic E-state index is 12.6. The van der Waals surface area contributed by atoms with E-state index in [2.05, 4.69) is 21.6 Å². The summed E-state index contributed by atoms with van der Waals surface area (Å²) < 4.78 is 45.5. The fraction of sp³-hybridized carbons (Fsp3) is 0.118. The monoisotopic (exact) mass is 379 g/mol. The Bertz CT molecular complexity index is 897. The number of rotatable bonds is 4. The van der Waals surface area contributed by atoms with Crippen molar-refractivity contribution in [3.05, 3.63) is 54.9 Å². The van der Waals surface area contributed by atoms with Gasteiger partial charge in [0.25, 0.3) is 5.91 Å². The van der Waals surface area contributed by atoms with Crippen LogP contribution in [0.15, 0.2) is 54.9 Å². The van der Waals surface area contributed by atoms with E-state index < -0.39 is 23.9 Å². The molecule has 0 atom stereocenters. The van der Waals surface area contributed by atoms with Crippen molar-refractivity contribution >= 4 is 23.3 Å². The van der Waals surface area contributed by atoms with Crippen LogP contribution in [0.3, 0.4) is 0 Å². The molecule has 0 fully saturated rings. The number of nitrogens with one attached hydrogen (secondary N) is 1. The molecule has 1 N–H and O–H groups in total. The molecular formula is C17H12F3N3O4. The molecule has 3 rings (SSSR count). The van der Waals surface area contributed by atoms with Gasteiger partial charge in [0.1, 0.15) is 18.0 Å². The molecule has 2 heterocycles. The number of hydrogen-bond acceptors (Lipinski definition) is 5. The molecule has 0 unspecified atom stereocenters. The van der Waals surface area contributed by atoms with Gasteiger partial charge in [-0.25, -0.2) is 4.98 Å². The number of amides is 2. The average molecular weight is 379 g/mol. The van der Waals surface area contributed by atoms with Gasteiger partial charge in [0.2, 0.25) is 5.91 Å². The van der Waals surface area contributed by atoms with Crippen molar-refractivity contribution < 1.29 is 32.2 Å². The smallest absolute Gasteiger partial charge is 0.452 e. The average Bonchev–Trinajstić information content (AvgIpc) is 2.60. The molecule has 1 aliphatic rings. The zero-order valence-corrected chi connectivity index (χ0v) is 13.6. The van der Waals surface area contributed by atoms with Crippen molar-refractivity contribution in [2.45, 2.75) is 6.36 Å². The first kappa shape index (κ1) is 18.2. The van der Waals surface area contributed by atoms with Gasteiger partial charge in [-0.2, -0.15) is 0 Å². The lowest BCUT2D eigenvalue weighted by Crippen LogP contribution is -2.43. The van der Waals surface area contributed by atoms with E-state index in [-0.39, 0.29) is 23.9 Å². The van der Waals surface area contributed by atoms with E-state index in [1.165, 1.54) is 18.3 Å². The summed E-state index contributed by atoms with van der Waals surface area (Å²) in [4.78, 5) is 29.5. The zero-order chi connectivity index (χ0) is 19.6. The molecule has 7 nitrogen and oxygen atoms in total. The molecular weight excluding hydrogens is 367 g/mol. The lowest BCUT2D eigenvalue weighted by atomic mass is 10.2. The van der Waals surface area contributed by atoms with Gasteiger partial charge in [-0.3, -0.25) is 14.5 Å². The first-order valence-electron chi connectivity index (χ1n) is 7.52. The summed E-state index contributed by atoms with van der Waals surface area (Å²) in [6.07, 6.45) is -3.35. The molecule has 0 aliphatic carbocycles. The SMILES string of the molecule is C=C(Oc1ccc(OC(F)(F)F)cc1)C(=O)N1CC(=O)Nc2cccnc21. The topological polar surface area (TPSA) is 80.8 Å². The number of aromatic nitrogens is 1. The minimum Gasteiger partial charge on any atom is -0.452 e. The first-order valence-corrected chi connectivity index (χ1v) is 7.52. The second kappa shape index (κ2) is 6.98. The van der Waals surface area contributed by atoms with Crippen LogP contribution in [0.4, 0.5) is 24.7 Å². The van der Waals surface area contributed by atoms with Crippen molar-refractivity contribution in [3.63, 3.8) is 0 Å². The van der Waals surface area contributed by atoms with Gasteiger partial charge in [-0.1, -0.05) is 6.58 Å². The number of alkyl halides is 3. The van der Waals surface area contributed by atoms with Gasteiger partial charge < -0.3 is 14.8 Å². The van der Waals surface area contributed by atoms with Gasteiger partial charge in [-0.15, -0.1) is 13.2 Å². The molecule has 140 valence electrons. The summed E-state index contributed by atoms with van der Waals surface area (Å²) in [6, 6.07) is 7.63. The highest BCUT2D eigenvalue weighted by atomic mass is 19.4. The Balaban J connectivity index is 1.71. The second-order valence-corrected chi connectivity index (χ2v) is 5.36. The number of nitrogens with zero attached hydrogens (tertiary/aromatic N) is 2. The summed E-state index contributed by atoms with van der Waals surface area (Å²) in [5.41, 5.74) is 0.364. The van der Waals surface area contributed by atoms with Crippen LogP contribution in [0.5, 0.6) is 11.5 Å². The van der Waals surface area contributed by atoms with Crippen LogP contribution in [0.1, 0.15) is 0 Å². The molecule has 27 heavy (non-hydrogen) atoms. The van der Waals surface area contributed by atoms with Gasteiger partial charge in [0.05, 0.1) is 5.69 Å². The molecule has 1 aliphatic heterocycles. The number of carbonyl (C=O) groups is 2. The third-order valence-corrected chi connectivity index (χ3v) is 3.40. The Hall–Kier alpha value is -3.56. The van der Waals surface area contributed by atoms with E-state index in [0.717, 1.165) is 17.0 Å². The molecule has 10 heteroatoms. The molecule has 0 spiro atoms. The van der Waals surface area contributed by atoms with Gasteiger partial charge >= 0.3 is 6.36 Å². The highest BCUT2D eigenvalue weighted by Crippen LogP contribution is 2.29. The van der Waals surface area contributed by atoms with Crippen molar-refractivity contribution in [2.24, 2.45) is 0 Å². The summed E-state index contributed by atoms with van der Waals surface area (Å²) >= 11 is 0. The minimum atomic E-state index is -4.81. The summed E-state index contributed by atoms with van der Waals surface area (Å²) in [6.45, 7) is 3.25. The second-order valence-electron chi connectivity index (χ2n) is 5.36. The lowest BCUT2D eigenvalue weighted by Gasteiger charge is -2.28. The number of fused-ring (bicyclic) bond motifs is 1. The fourth-order valence-corrected chi connectivity index (χ4v) is 2.33. The number of pyridine rings is 1. The highest BCUT2D eigenvalue weighted by molar-refractivity contribution is 6.13. The number of ether oxygens (including phenoxy) is 2. The van der Waals surface area contributed by atoms with E-state index in [1.54, 1.807) is 12.1 Å². The van der Waals surface area contributed by atoms with E-state index >= 15 is 0 Å². The number of benzene rings is 1. The Labute approximate surface area is 151 Å². The molecule has 0 saturated carbocycles. The van der Waals surface area contributed by atoms with E-state index in [0.29, 0.717) is 5.69 Å². The third kappa shape index (κ3) is 4.35. The fourth-order valence-electron chi connectivity index (χ4n) is 2.33. The van der Waals surface area contributed by atoms with Gasteiger partial charge in [0.15, 0.2) is 11.6 Å². The maximum Gasteiger partial charge on any atom is 0.573 e. The molecule has 0 bridgehead atoms. The van der Waals surface area contributed by atoms with Crippen LogP contribution >= 0.6 is 0 Å². The van der Waals surface area contributed by atoms with Crippen molar-refractivity contribution in [1.82, 2.24) is 4.98 Å². The summed E-state index contributed by atoms with van der Waals surface area (Å²) in [5, 5.41) is 2.59. The number of hydrogen-bond donors (Lipinski definition) is 1. The molecule has 2 amide bonds. The predicted octanol–water partition coefficient (Wildman–Crippen LogP) is 2.86. The number of carbonyl (C=O) groups excluding carboxylic acids is 2. The van der Waals surface area contributed by atoms with Crippen molar-refractivity contribution in [3.8, 4) is 11.5 Å². The largest absolute Gasteiger partial charge is 0.573 e. The van der Waals surface area contributed by atoms with Crippen LogP contribution in [0.25, 0.3) is 0 Å². The Morgan fingerprint density at radius 2 is 1.85 bits per heavy atom. The zero-order valence-electron chi connectivity index (χ0n) is 13.6. The lowest BCUT2D eigenvalue weighted by molar-refractivity contribution is -0.274. The van der Waals surface area contributed by atoms with E-state index in [4.69, 9.17) is 4.74 Å². The Morgan fingerprint density at radius 3 is 2.52 bits per heavy atom. The van der Waals surface area contributed by atoms with Crippen molar-refractivity contribution in [1.29, 1.82) is 0 Å².